The van der Waals surface area contributed by atoms with E-state index in [9.17, 15) is 22.8 Å². The number of amides is 3. The average Bonchev–Trinajstić information content (AvgIpc) is 3.06. The van der Waals surface area contributed by atoms with Crippen LogP contribution in [0.3, 0.4) is 0 Å². The van der Waals surface area contributed by atoms with Gasteiger partial charge in [0.05, 0.1) is 12.2 Å². The summed E-state index contributed by atoms with van der Waals surface area (Å²) in [6.07, 6.45) is 2.30. The fourth-order valence-corrected chi connectivity index (χ4v) is 4.01. The molecule has 11 nitrogen and oxygen atoms in total. The maximum Gasteiger partial charge on any atom is 0.418 e. The van der Waals surface area contributed by atoms with Crippen molar-refractivity contribution in [1.29, 1.82) is 0 Å². The molecule has 0 aliphatic carbocycles. The molecule has 138 valence electrons. The minimum atomic E-state index is -4.80. The van der Waals surface area contributed by atoms with Crippen molar-refractivity contribution in [2.45, 2.75) is 37.4 Å². The summed E-state index contributed by atoms with van der Waals surface area (Å²) < 4.78 is 34.8. The highest BCUT2D eigenvalue weighted by Gasteiger charge is 2.49. The molecule has 25 heavy (non-hydrogen) atoms. The molecule has 3 heterocycles. The zero-order chi connectivity index (χ0) is 18.2. The standard InChI is InChI=1S/C12H19BN4O7S/c18-7-13-15-4-3-8(5-15)14-11(19)10-2-1-9-6-16(10)12(20)17(9)24-25(21,22)23/h7-10,13H,1-6H2,(H,14,19)(H,21,22,23)/t8-,9-,10+/m1/s1. The van der Waals surface area contributed by atoms with E-state index in [0.717, 1.165) is 19.2 Å². The molecule has 3 saturated heterocycles. The van der Waals surface area contributed by atoms with Crippen molar-refractivity contribution in [3.63, 3.8) is 0 Å². The van der Waals surface area contributed by atoms with E-state index in [2.05, 4.69) is 9.60 Å². The number of urea groups is 1. The van der Waals surface area contributed by atoms with Gasteiger partial charge in [-0.15, -0.1) is 4.28 Å². The number of nitrogens with zero attached hydrogens (tertiary/aromatic N) is 3. The minimum absolute atomic E-state index is 0.0898. The van der Waals surface area contributed by atoms with Gasteiger partial charge in [-0.05, 0) is 25.8 Å². The van der Waals surface area contributed by atoms with Crippen LogP contribution in [-0.4, -0.2) is 91.0 Å². The van der Waals surface area contributed by atoms with Crippen molar-refractivity contribution in [2.24, 2.45) is 0 Å². The molecule has 0 aromatic rings. The molecule has 3 amide bonds. The van der Waals surface area contributed by atoms with Gasteiger partial charge in [-0.1, -0.05) is 0 Å². The summed E-state index contributed by atoms with van der Waals surface area (Å²) in [5.74, 6) is -0.307. The Morgan fingerprint density at radius 1 is 1.32 bits per heavy atom. The second-order valence-electron chi connectivity index (χ2n) is 6.43. The Morgan fingerprint density at radius 3 is 2.76 bits per heavy atom. The number of hydrogen-bond acceptors (Lipinski definition) is 7. The van der Waals surface area contributed by atoms with Gasteiger partial charge in [-0.2, -0.15) is 13.5 Å². The van der Waals surface area contributed by atoms with Gasteiger partial charge in [0.25, 0.3) is 7.41 Å². The van der Waals surface area contributed by atoms with Crippen LogP contribution in [0.15, 0.2) is 0 Å². The van der Waals surface area contributed by atoms with E-state index in [1.807, 2.05) is 4.81 Å². The summed E-state index contributed by atoms with van der Waals surface area (Å²) in [5.41, 5.74) is 0. The van der Waals surface area contributed by atoms with E-state index in [-0.39, 0.29) is 18.5 Å². The number of nitrogens with one attached hydrogen (secondary N) is 1. The van der Waals surface area contributed by atoms with Crippen molar-refractivity contribution in [1.82, 2.24) is 20.1 Å². The maximum atomic E-state index is 12.5. The Hall–Kier alpha value is -1.70. The Bertz CT molecular complexity index is 674. The van der Waals surface area contributed by atoms with E-state index >= 15 is 0 Å². The molecule has 2 bridgehead atoms. The third-order valence-electron chi connectivity index (χ3n) is 4.75. The van der Waals surface area contributed by atoms with Gasteiger partial charge in [-0.25, -0.2) is 4.79 Å². The molecule has 3 aliphatic heterocycles. The summed E-state index contributed by atoms with van der Waals surface area (Å²) in [7, 11) is -4.48. The van der Waals surface area contributed by atoms with Gasteiger partial charge in [0.2, 0.25) is 5.91 Å². The second kappa shape index (κ2) is 6.90. The summed E-state index contributed by atoms with van der Waals surface area (Å²) >= 11 is 0. The van der Waals surface area contributed by atoms with Crippen molar-refractivity contribution in [3.05, 3.63) is 0 Å². The molecule has 3 fully saturated rings. The fourth-order valence-electron chi connectivity index (χ4n) is 3.62. The third kappa shape index (κ3) is 3.94. The molecular formula is C12H19BN4O7S. The van der Waals surface area contributed by atoms with Crippen LogP contribution >= 0.6 is 0 Å². The Labute approximate surface area is 145 Å². The highest BCUT2D eigenvalue weighted by Crippen LogP contribution is 2.30. The van der Waals surface area contributed by atoms with Gasteiger partial charge in [0.15, 0.2) is 0 Å². The highest BCUT2D eigenvalue weighted by atomic mass is 32.3. The Balaban J connectivity index is 1.60. The first kappa shape index (κ1) is 18.1. The number of hydrogen-bond donors (Lipinski definition) is 2. The number of piperidine rings is 1. The van der Waals surface area contributed by atoms with Crippen LogP contribution in [0.2, 0.25) is 0 Å². The van der Waals surface area contributed by atoms with Gasteiger partial charge in [-0.3, -0.25) is 9.35 Å². The van der Waals surface area contributed by atoms with E-state index in [1.54, 1.807) is 0 Å². The predicted molar refractivity (Wildman–Crippen MR) is 85.4 cm³/mol. The summed E-state index contributed by atoms with van der Waals surface area (Å²) in [5, 5.41) is 3.50. The first-order chi connectivity index (χ1) is 11.8. The molecule has 2 N–H and O–H groups in total. The van der Waals surface area contributed by atoms with Crippen molar-refractivity contribution < 1.29 is 31.6 Å². The van der Waals surface area contributed by atoms with E-state index in [1.165, 1.54) is 4.90 Å². The van der Waals surface area contributed by atoms with Crippen LogP contribution in [0.25, 0.3) is 0 Å². The number of carbonyl (C=O) groups excluding carboxylic acids is 3. The van der Waals surface area contributed by atoms with Crippen LogP contribution in [0.4, 0.5) is 4.79 Å². The Morgan fingerprint density at radius 2 is 2.08 bits per heavy atom. The van der Waals surface area contributed by atoms with Gasteiger partial charge in [0.1, 0.15) is 6.04 Å². The van der Waals surface area contributed by atoms with Crippen LogP contribution in [0.1, 0.15) is 19.3 Å². The smallest absolute Gasteiger partial charge is 0.350 e. The molecule has 3 atom stereocenters. The molecule has 0 aromatic carbocycles. The third-order valence-corrected chi connectivity index (χ3v) is 5.10. The highest BCUT2D eigenvalue weighted by molar-refractivity contribution is 7.80. The van der Waals surface area contributed by atoms with E-state index in [4.69, 9.17) is 4.55 Å². The lowest BCUT2D eigenvalue weighted by Crippen LogP contribution is -2.52. The molecule has 3 rings (SSSR count). The quantitative estimate of drug-likeness (QED) is 0.302. The van der Waals surface area contributed by atoms with Crippen molar-refractivity contribution >= 4 is 35.9 Å². The molecule has 0 spiro atoms. The summed E-state index contributed by atoms with van der Waals surface area (Å²) in [6, 6.07) is -2.07. The second-order valence-corrected chi connectivity index (χ2v) is 7.43. The molecule has 0 saturated carbocycles. The lowest BCUT2D eigenvalue weighted by Gasteiger charge is -2.30. The van der Waals surface area contributed by atoms with E-state index < -0.39 is 28.5 Å². The largest absolute Gasteiger partial charge is 0.418 e. The minimum Gasteiger partial charge on any atom is -0.350 e. The van der Waals surface area contributed by atoms with Crippen LogP contribution in [-0.2, 0) is 24.3 Å². The summed E-state index contributed by atoms with van der Waals surface area (Å²) in [6.45, 7) is 1.45. The van der Waals surface area contributed by atoms with Gasteiger partial charge >= 0.3 is 16.4 Å². The van der Waals surface area contributed by atoms with Crippen molar-refractivity contribution in [3.8, 4) is 0 Å². The molecular weight excluding hydrogens is 355 g/mol. The molecule has 0 aromatic heterocycles. The van der Waals surface area contributed by atoms with Crippen molar-refractivity contribution in [2.75, 3.05) is 19.6 Å². The van der Waals surface area contributed by atoms with Crippen LogP contribution in [0.5, 0.6) is 0 Å². The predicted octanol–water partition coefficient (Wildman–Crippen LogP) is -2.28. The first-order valence-corrected chi connectivity index (χ1v) is 9.38. The monoisotopic (exact) mass is 374 g/mol. The van der Waals surface area contributed by atoms with Gasteiger partial charge in [0, 0.05) is 19.1 Å². The summed E-state index contributed by atoms with van der Waals surface area (Å²) in [4.78, 5) is 38.5. The zero-order valence-corrected chi connectivity index (χ0v) is 14.2. The molecule has 0 unspecified atom stereocenters. The zero-order valence-electron chi connectivity index (χ0n) is 13.4. The normalized spacial score (nSPS) is 29.8. The number of hydroxylamine groups is 2. The molecule has 13 heteroatoms. The van der Waals surface area contributed by atoms with E-state index in [0.29, 0.717) is 31.9 Å². The average molecular weight is 374 g/mol. The maximum absolute atomic E-state index is 12.5. The molecule has 0 radical (unpaired) electrons. The Kier molecular flexibility index (Phi) is 5.00. The van der Waals surface area contributed by atoms with Crippen LogP contribution < -0.4 is 5.32 Å². The number of fused-ring (bicyclic) bond motifs is 2. The topological polar surface area (TPSA) is 137 Å². The lowest BCUT2D eigenvalue weighted by molar-refractivity contribution is -0.126. The first-order valence-electron chi connectivity index (χ1n) is 8.01. The van der Waals surface area contributed by atoms with Gasteiger partial charge < -0.3 is 19.8 Å². The number of rotatable bonds is 6. The molecule has 3 aliphatic rings. The number of carbonyl (C=O) groups is 3. The fraction of sp³-hybridized carbons (Fsp3) is 0.750. The SMILES string of the molecule is O=CBN1CC[C@@H](NC(=O)[C@@H]2CC[C@@H]3CN2C(=O)N3OS(=O)(=O)O)C1. The van der Waals surface area contributed by atoms with Crippen LogP contribution in [0, 0.1) is 0 Å². The lowest BCUT2D eigenvalue weighted by atomic mass is 9.96.